The summed E-state index contributed by atoms with van der Waals surface area (Å²) in [5.74, 6) is -1.40. The first-order valence-corrected chi connectivity index (χ1v) is 9.27. The average molecular weight is 414 g/mol. The number of rotatable bonds is 4. The van der Waals surface area contributed by atoms with Gasteiger partial charge in [0, 0.05) is 17.8 Å². The predicted octanol–water partition coefficient (Wildman–Crippen LogP) is 2.47. The van der Waals surface area contributed by atoms with Gasteiger partial charge in [-0.15, -0.1) is 5.10 Å². The first-order valence-electron chi connectivity index (χ1n) is 9.27. The molecule has 0 aliphatic carbocycles. The monoisotopic (exact) mass is 414 g/mol. The normalized spacial score (nSPS) is 16.6. The average Bonchev–Trinajstić information content (AvgIpc) is 3.33. The van der Waals surface area contributed by atoms with Crippen LogP contribution in [0.25, 0.3) is 5.69 Å². The summed E-state index contributed by atoms with van der Waals surface area (Å²) in [4.78, 5) is 25.2. The van der Waals surface area contributed by atoms with Crippen LogP contribution in [-0.2, 0) is 4.74 Å². The zero-order chi connectivity index (χ0) is 21.4. The van der Waals surface area contributed by atoms with Crippen LogP contribution in [0.2, 0.25) is 0 Å². The van der Waals surface area contributed by atoms with Gasteiger partial charge in [-0.2, -0.15) is 5.10 Å². The fourth-order valence-electron chi connectivity index (χ4n) is 3.81. The Balaban J connectivity index is 1.75. The van der Waals surface area contributed by atoms with Crippen LogP contribution in [0.5, 0.6) is 0 Å². The second-order valence-corrected chi connectivity index (χ2v) is 6.93. The Morgan fingerprint density at radius 3 is 2.87 bits per heavy atom. The Morgan fingerprint density at radius 1 is 1.37 bits per heavy atom. The number of aromatic nitrogens is 4. The van der Waals surface area contributed by atoms with Crippen molar-refractivity contribution in [2.45, 2.75) is 19.9 Å². The lowest BCUT2D eigenvalue weighted by Gasteiger charge is -2.35. The highest BCUT2D eigenvalue weighted by Crippen LogP contribution is 2.33. The second kappa shape index (κ2) is 7.67. The molecule has 30 heavy (non-hydrogen) atoms. The van der Waals surface area contributed by atoms with E-state index in [4.69, 9.17) is 4.74 Å². The number of hydrogen-bond acceptors (Lipinski definition) is 6. The Hall–Kier alpha value is -3.60. The number of nitrogens with zero attached hydrogens (tertiary/aromatic N) is 5. The largest absolute Gasteiger partial charge is 0.377 e. The van der Waals surface area contributed by atoms with Crippen LogP contribution in [0.4, 0.5) is 10.2 Å². The molecular weight excluding hydrogens is 395 g/mol. The molecule has 4 rings (SSSR count). The number of aromatic amines is 1. The van der Waals surface area contributed by atoms with E-state index in [1.165, 1.54) is 15.6 Å². The lowest BCUT2D eigenvalue weighted by molar-refractivity contribution is -0.389. The number of nitro groups is 1. The van der Waals surface area contributed by atoms with E-state index in [0.29, 0.717) is 23.7 Å². The zero-order valence-electron chi connectivity index (χ0n) is 16.3. The number of carbonyl (C=O) groups excluding carboxylic acids is 1. The number of para-hydroxylation sites is 1. The minimum absolute atomic E-state index is 0.122. The number of carbonyl (C=O) groups is 1. The number of nitrogens with one attached hydrogen (secondary N) is 1. The van der Waals surface area contributed by atoms with Crippen molar-refractivity contribution in [3.63, 3.8) is 0 Å². The van der Waals surface area contributed by atoms with Crippen molar-refractivity contribution in [2.75, 3.05) is 19.8 Å². The van der Waals surface area contributed by atoms with E-state index in [9.17, 15) is 19.3 Å². The molecule has 1 atom stereocenters. The van der Waals surface area contributed by atoms with E-state index in [1.807, 2.05) is 0 Å². The molecule has 0 radical (unpaired) electrons. The van der Waals surface area contributed by atoms with Gasteiger partial charge in [-0.05, 0) is 30.9 Å². The molecule has 3 heterocycles. The molecular formula is C19H19FN6O4. The number of benzene rings is 1. The molecule has 1 amide bonds. The van der Waals surface area contributed by atoms with Gasteiger partial charge in [0.25, 0.3) is 5.91 Å². The van der Waals surface area contributed by atoms with Crippen molar-refractivity contribution >= 4 is 11.7 Å². The maximum Gasteiger partial charge on any atom is 0.355 e. The molecule has 1 fully saturated rings. The van der Waals surface area contributed by atoms with Crippen molar-refractivity contribution in [1.82, 2.24) is 24.9 Å². The smallest absolute Gasteiger partial charge is 0.355 e. The van der Waals surface area contributed by atoms with E-state index < -0.39 is 28.5 Å². The molecule has 1 unspecified atom stereocenters. The van der Waals surface area contributed by atoms with Gasteiger partial charge in [0.1, 0.15) is 11.5 Å². The molecule has 1 aromatic carbocycles. The number of halogens is 1. The molecule has 10 nitrogen and oxygen atoms in total. The van der Waals surface area contributed by atoms with Crippen molar-refractivity contribution in [1.29, 1.82) is 0 Å². The Bertz CT molecular complexity index is 1120. The van der Waals surface area contributed by atoms with Gasteiger partial charge < -0.3 is 19.8 Å². The Morgan fingerprint density at radius 2 is 2.13 bits per heavy atom. The van der Waals surface area contributed by atoms with Gasteiger partial charge in [0.2, 0.25) is 0 Å². The molecule has 3 aromatic rings. The Labute approximate surface area is 170 Å². The summed E-state index contributed by atoms with van der Waals surface area (Å²) in [7, 11) is 0. The molecule has 1 aliphatic rings. The van der Waals surface area contributed by atoms with Gasteiger partial charge in [-0.1, -0.05) is 17.2 Å². The minimum Gasteiger partial charge on any atom is -0.377 e. The van der Waals surface area contributed by atoms with Crippen molar-refractivity contribution < 1.29 is 18.8 Å². The fourth-order valence-corrected chi connectivity index (χ4v) is 3.81. The number of hydrogen-bond donors (Lipinski definition) is 1. The van der Waals surface area contributed by atoms with E-state index in [0.717, 1.165) is 11.8 Å². The predicted molar refractivity (Wildman–Crippen MR) is 103 cm³/mol. The third kappa shape index (κ3) is 3.22. The van der Waals surface area contributed by atoms with Crippen molar-refractivity contribution in [3.05, 3.63) is 68.9 Å². The molecule has 156 valence electrons. The molecule has 1 aliphatic heterocycles. The highest BCUT2D eigenvalue weighted by Gasteiger charge is 2.36. The quantitative estimate of drug-likeness (QED) is 0.517. The molecule has 0 spiro atoms. The van der Waals surface area contributed by atoms with Crippen LogP contribution in [0.15, 0.2) is 30.5 Å². The molecule has 0 saturated carbocycles. The number of H-pyrrole nitrogens is 1. The number of ether oxygens (including phenoxy) is 1. The molecule has 11 heteroatoms. The Kier molecular flexibility index (Phi) is 5.04. The van der Waals surface area contributed by atoms with E-state index >= 15 is 0 Å². The highest BCUT2D eigenvalue weighted by atomic mass is 19.1. The van der Waals surface area contributed by atoms with Crippen LogP contribution < -0.4 is 0 Å². The van der Waals surface area contributed by atoms with Crippen LogP contribution in [0, 0.1) is 29.8 Å². The maximum atomic E-state index is 14.3. The van der Waals surface area contributed by atoms with Gasteiger partial charge in [-0.25, -0.2) is 9.07 Å². The molecule has 2 aromatic heterocycles. The highest BCUT2D eigenvalue weighted by molar-refractivity contribution is 5.97. The van der Waals surface area contributed by atoms with Gasteiger partial charge >= 0.3 is 5.82 Å². The van der Waals surface area contributed by atoms with E-state index in [2.05, 4.69) is 15.3 Å². The third-order valence-electron chi connectivity index (χ3n) is 5.18. The summed E-state index contributed by atoms with van der Waals surface area (Å²) in [6.07, 6.45) is 1.15. The summed E-state index contributed by atoms with van der Waals surface area (Å²) >= 11 is 0. The van der Waals surface area contributed by atoms with Gasteiger partial charge in [-0.3, -0.25) is 4.79 Å². The standard InChI is InChI=1S/C19H19FN6O4/c1-11-17(12(2)25(23-11)15-6-4-3-5-14(15)20)16-10-30-8-7-24(16)19(27)13-9-21-22-18(13)26(28)29/h3-6,9,16H,7-8,10H2,1-2H3,(H,21,22). The number of aryl methyl sites for hydroxylation is 1. The van der Waals surface area contributed by atoms with E-state index in [-0.39, 0.29) is 18.7 Å². The fraction of sp³-hybridized carbons (Fsp3) is 0.316. The summed E-state index contributed by atoms with van der Waals surface area (Å²) in [5.41, 5.74) is 2.17. The third-order valence-corrected chi connectivity index (χ3v) is 5.18. The van der Waals surface area contributed by atoms with Crippen LogP contribution in [-0.4, -0.2) is 55.5 Å². The van der Waals surface area contributed by atoms with Crippen molar-refractivity contribution in [3.8, 4) is 5.69 Å². The topological polar surface area (TPSA) is 119 Å². The first kappa shape index (κ1) is 19.7. The SMILES string of the molecule is Cc1nn(-c2ccccc2F)c(C)c1C1COCCN1C(=O)c1cn[nH]c1[N+](=O)[O-]. The number of morpholine rings is 1. The molecule has 1 saturated heterocycles. The van der Waals surface area contributed by atoms with Crippen LogP contribution in [0.1, 0.15) is 33.4 Å². The second-order valence-electron chi connectivity index (χ2n) is 6.93. The summed E-state index contributed by atoms with van der Waals surface area (Å²) in [5, 5.41) is 21.6. The van der Waals surface area contributed by atoms with Gasteiger partial charge in [0.15, 0.2) is 5.56 Å². The summed E-state index contributed by atoms with van der Waals surface area (Å²) < 4.78 is 21.4. The number of amides is 1. The zero-order valence-corrected chi connectivity index (χ0v) is 16.3. The van der Waals surface area contributed by atoms with Crippen LogP contribution in [0.3, 0.4) is 0 Å². The lowest BCUT2D eigenvalue weighted by atomic mass is 10.0. The van der Waals surface area contributed by atoms with E-state index in [1.54, 1.807) is 32.0 Å². The van der Waals surface area contributed by atoms with Crippen LogP contribution >= 0.6 is 0 Å². The lowest BCUT2D eigenvalue weighted by Crippen LogP contribution is -2.43. The maximum absolute atomic E-state index is 14.3. The van der Waals surface area contributed by atoms with Crippen molar-refractivity contribution in [2.24, 2.45) is 0 Å². The van der Waals surface area contributed by atoms with Gasteiger partial charge in [0.05, 0.1) is 31.1 Å². The molecule has 1 N–H and O–H groups in total. The summed E-state index contributed by atoms with van der Waals surface area (Å²) in [6, 6.07) is 5.75. The summed E-state index contributed by atoms with van der Waals surface area (Å²) in [6.45, 7) is 4.31. The first-order chi connectivity index (χ1) is 14.4. The molecule has 0 bridgehead atoms. The minimum atomic E-state index is -0.678.